The first-order chi connectivity index (χ1) is 8.99. The van der Waals surface area contributed by atoms with E-state index in [2.05, 4.69) is 20.0 Å². The van der Waals surface area contributed by atoms with Crippen LogP contribution in [0.15, 0.2) is 34.7 Å². The zero-order chi connectivity index (χ0) is 13.9. The molecular weight excluding hydrogens is 263 g/mol. The predicted octanol–water partition coefficient (Wildman–Crippen LogP) is 3.32. The molecule has 1 aliphatic heterocycles. The average molecular weight is 274 g/mol. The zero-order valence-corrected chi connectivity index (χ0v) is 9.96. The lowest BCUT2D eigenvalue weighted by Gasteiger charge is -2.15. The van der Waals surface area contributed by atoms with Gasteiger partial charge in [0, 0.05) is 0 Å². The molecule has 0 amide bonds. The highest BCUT2D eigenvalue weighted by Gasteiger charge is 2.33. The molecule has 0 spiro atoms. The van der Waals surface area contributed by atoms with Gasteiger partial charge >= 0.3 is 11.6 Å². The monoisotopic (exact) mass is 274 g/mol. The van der Waals surface area contributed by atoms with E-state index in [0.717, 1.165) is 0 Å². The maximum Gasteiger partial charge on any atom is 0.573 e. The summed E-state index contributed by atoms with van der Waals surface area (Å²) in [6.45, 7) is 1.90. The van der Waals surface area contributed by atoms with Crippen LogP contribution in [0.3, 0.4) is 0 Å². The van der Waals surface area contributed by atoms with Gasteiger partial charge in [-0.25, -0.2) is 0 Å². The predicted molar refractivity (Wildman–Crippen MR) is 58.0 cm³/mol. The van der Waals surface area contributed by atoms with Gasteiger partial charge in [0.15, 0.2) is 12.1 Å². The lowest BCUT2D eigenvalue weighted by atomic mass is 10.0. The molecule has 2 atom stereocenters. The van der Waals surface area contributed by atoms with Crippen molar-refractivity contribution in [1.29, 1.82) is 0 Å². The van der Waals surface area contributed by atoms with Gasteiger partial charge in [-0.2, -0.15) is 0 Å². The van der Waals surface area contributed by atoms with Crippen molar-refractivity contribution in [3.05, 3.63) is 29.8 Å². The third-order valence-corrected chi connectivity index (χ3v) is 2.60. The molecule has 0 saturated carbocycles. The minimum absolute atomic E-state index is 0.271. The van der Waals surface area contributed by atoms with E-state index in [1.54, 1.807) is 0 Å². The van der Waals surface area contributed by atoms with Crippen molar-refractivity contribution in [3.8, 4) is 5.75 Å². The summed E-state index contributed by atoms with van der Waals surface area (Å²) >= 11 is 0. The fraction of sp³-hybridized carbons (Fsp3) is 0.455. The molecule has 0 saturated heterocycles. The van der Waals surface area contributed by atoms with Gasteiger partial charge in [-0.3, -0.25) is 0 Å². The Morgan fingerprint density at radius 2 is 2.00 bits per heavy atom. The Morgan fingerprint density at radius 3 is 2.58 bits per heavy atom. The Morgan fingerprint density at radius 1 is 1.32 bits per heavy atom. The normalized spacial score (nSPS) is 22.1. The molecule has 0 aliphatic carbocycles. The minimum Gasteiger partial charge on any atom is -0.406 e. The molecule has 2 unspecified atom stereocenters. The Hall–Kier alpha value is -2.08. The largest absolute Gasteiger partial charge is 0.573 e. The summed E-state index contributed by atoms with van der Waals surface area (Å²) in [5, 5.41) is 7.28. The summed E-state index contributed by atoms with van der Waals surface area (Å²) in [4.78, 5) is 8.49. The highest BCUT2D eigenvalue weighted by atomic mass is 19.4. The molecule has 1 aromatic rings. The molecule has 0 radical (unpaired) electrons. The molecule has 1 aromatic carbocycles. The average Bonchev–Trinajstić information content (AvgIpc) is 2.38. The van der Waals surface area contributed by atoms with E-state index >= 15 is 0 Å². The van der Waals surface area contributed by atoms with E-state index in [9.17, 15) is 13.2 Å². The van der Waals surface area contributed by atoms with Gasteiger partial charge in [-0.1, -0.05) is 19.1 Å². The number of benzene rings is 1. The topological polar surface area (TPSA) is 57.3 Å². The SMILES string of the molecule is CCC1ON=[N+]=NC1c1ccc(OC(F)(F)F)cc1. The Labute approximate surface area is 106 Å². The quantitative estimate of drug-likeness (QED) is 0.794. The summed E-state index contributed by atoms with van der Waals surface area (Å²) in [6.07, 6.45) is -4.31. The first kappa shape index (κ1) is 13.4. The van der Waals surface area contributed by atoms with Crippen LogP contribution in [0.5, 0.6) is 5.75 Å². The maximum absolute atomic E-state index is 12.0. The van der Waals surface area contributed by atoms with Crippen molar-refractivity contribution in [2.45, 2.75) is 31.9 Å². The molecule has 1 aliphatic rings. The molecule has 102 valence electrons. The summed E-state index contributed by atoms with van der Waals surface area (Å²) in [7, 11) is 0. The number of rotatable bonds is 3. The van der Waals surface area contributed by atoms with Gasteiger partial charge in [0.1, 0.15) is 10.9 Å². The minimum atomic E-state index is -4.69. The van der Waals surface area contributed by atoms with Crippen LogP contribution in [0, 0.1) is 0 Å². The lowest BCUT2D eigenvalue weighted by Crippen LogP contribution is -2.21. The van der Waals surface area contributed by atoms with Crippen LogP contribution in [-0.2, 0) is 4.84 Å². The molecule has 0 bridgehead atoms. The number of halogens is 3. The number of hydrogen-bond acceptors (Lipinski definition) is 4. The van der Waals surface area contributed by atoms with Crippen LogP contribution in [0.2, 0.25) is 0 Å². The lowest BCUT2D eigenvalue weighted by molar-refractivity contribution is -0.274. The second-order valence-corrected chi connectivity index (χ2v) is 3.90. The number of alkyl halides is 3. The van der Waals surface area contributed by atoms with E-state index < -0.39 is 6.36 Å². The van der Waals surface area contributed by atoms with E-state index in [0.29, 0.717) is 12.0 Å². The van der Waals surface area contributed by atoms with E-state index in [-0.39, 0.29) is 17.9 Å². The van der Waals surface area contributed by atoms with E-state index in [1.165, 1.54) is 24.3 Å². The molecule has 0 aromatic heterocycles. The van der Waals surface area contributed by atoms with E-state index in [1.807, 2.05) is 6.92 Å². The van der Waals surface area contributed by atoms with Gasteiger partial charge in [0.2, 0.25) is 0 Å². The van der Waals surface area contributed by atoms with Crippen molar-refractivity contribution in [1.82, 2.24) is 4.91 Å². The molecule has 1 heterocycles. The van der Waals surface area contributed by atoms with Crippen LogP contribution in [0.25, 0.3) is 0 Å². The third-order valence-electron chi connectivity index (χ3n) is 2.60. The second-order valence-electron chi connectivity index (χ2n) is 3.90. The Kier molecular flexibility index (Phi) is 3.71. The van der Waals surface area contributed by atoms with Gasteiger partial charge < -0.3 is 9.57 Å². The molecule has 19 heavy (non-hydrogen) atoms. The van der Waals surface area contributed by atoms with Crippen molar-refractivity contribution < 1.29 is 22.7 Å². The Bertz CT molecular complexity index is 495. The van der Waals surface area contributed by atoms with Crippen LogP contribution in [0.4, 0.5) is 13.2 Å². The number of hydrogen-bond donors (Lipinski definition) is 0. The summed E-state index contributed by atoms with van der Waals surface area (Å²) in [5.74, 6) is -0.275. The molecule has 8 heteroatoms. The molecular formula is C11H11F3N3O2+. The molecule has 5 nitrogen and oxygen atoms in total. The van der Waals surface area contributed by atoms with Gasteiger partial charge in [0.25, 0.3) is 4.91 Å². The van der Waals surface area contributed by atoms with Crippen molar-refractivity contribution in [3.63, 3.8) is 0 Å². The molecule has 0 N–H and O–H groups in total. The second kappa shape index (κ2) is 5.27. The van der Waals surface area contributed by atoms with Crippen LogP contribution < -0.4 is 9.65 Å². The number of ether oxygens (including phenoxy) is 1. The maximum atomic E-state index is 12.0. The summed E-state index contributed by atoms with van der Waals surface area (Å²) < 4.78 is 39.9. The highest BCUT2D eigenvalue weighted by molar-refractivity contribution is 5.30. The zero-order valence-electron chi connectivity index (χ0n) is 9.96. The van der Waals surface area contributed by atoms with Crippen molar-refractivity contribution >= 4 is 0 Å². The molecule has 2 rings (SSSR count). The van der Waals surface area contributed by atoms with E-state index in [4.69, 9.17) is 4.84 Å². The fourth-order valence-electron chi connectivity index (χ4n) is 1.74. The first-order valence-corrected chi connectivity index (χ1v) is 5.61. The first-order valence-electron chi connectivity index (χ1n) is 5.61. The van der Waals surface area contributed by atoms with Gasteiger partial charge in [0.05, 0.1) is 0 Å². The standard InChI is InChI=1S/C11H11F3N3O2/c1-2-9-10(15-16-17-19-9)7-3-5-8(6-4-7)18-11(12,13)14/h3-6,9-10H,2H2,1H3/q+1. The summed E-state index contributed by atoms with van der Waals surface area (Å²) in [5.41, 5.74) is 0.694. The third kappa shape index (κ3) is 3.45. The van der Waals surface area contributed by atoms with Crippen molar-refractivity contribution in [2.75, 3.05) is 0 Å². The van der Waals surface area contributed by atoms with Gasteiger partial charge in [-0.15, -0.1) is 13.2 Å². The van der Waals surface area contributed by atoms with Crippen LogP contribution >= 0.6 is 0 Å². The Balaban J connectivity index is 2.16. The fourth-order valence-corrected chi connectivity index (χ4v) is 1.74. The molecule has 0 fully saturated rings. The summed E-state index contributed by atoms with van der Waals surface area (Å²) in [6, 6.07) is 5.10. The van der Waals surface area contributed by atoms with Crippen LogP contribution in [-0.4, -0.2) is 12.5 Å². The van der Waals surface area contributed by atoms with Crippen molar-refractivity contribution in [2.24, 2.45) is 10.4 Å². The van der Waals surface area contributed by atoms with Crippen LogP contribution in [0.1, 0.15) is 24.9 Å². The van der Waals surface area contributed by atoms with Gasteiger partial charge in [-0.05, 0) is 24.1 Å². The highest BCUT2D eigenvalue weighted by Crippen LogP contribution is 2.29. The number of nitrogens with zero attached hydrogens (tertiary/aromatic N) is 3. The smallest absolute Gasteiger partial charge is 0.406 e.